The van der Waals surface area contributed by atoms with Gasteiger partial charge in [0.25, 0.3) is 0 Å². The zero-order valence-electron chi connectivity index (χ0n) is 13.2. The van der Waals surface area contributed by atoms with Crippen molar-refractivity contribution in [1.29, 1.82) is 0 Å². The maximum Gasteiger partial charge on any atom is 0.178 e. The number of sulfone groups is 1. The third-order valence-corrected chi connectivity index (χ3v) is 5.14. The Morgan fingerprint density at radius 3 is 2.78 bits per heavy atom. The van der Waals surface area contributed by atoms with Crippen LogP contribution < -0.4 is 4.90 Å². The van der Waals surface area contributed by atoms with Gasteiger partial charge in [-0.25, -0.2) is 28.4 Å². The normalized spacial score (nSPS) is 18.9. The van der Waals surface area contributed by atoms with Gasteiger partial charge in [-0.2, -0.15) is 0 Å². The van der Waals surface area contributed by atoms with Gasteiger partial charge in [0.1, 0.15) is 23.4 Å². The van der Waals surface area contributed by atoms with Crippen molar-refractivity contribution in [3.8, 4) is 0 Å². The Hall–Kier alpha value is -2.09. The minimum absolute atomic E-state index is 0.0479. The van der Waals surface area contributed by atoms with E-state index in [4.69, 9.17) is 0 Å². The van der Waals surface area contributed by atoms with Gasteiger partial charge in [0.05, 0.1) is 5.69 Å². The van der Waals surface area contributed by atoms with Crippen molar-refractivity contribution in [1.82, 2.24) is 19.9 Å². The summed E-state index contributed by atoms with van der Waals surface area (Å²) in [5.74, 6) is 0.920. The number of nitrogens with zero attached hydrogens (tertiary/aromatic N) is 5. The Balaban J connectivity index is 1.91. The molecule has 1 aliphatic heterocycles. The molecule has 3 heterocycles. The Morgan fingerprint density at radius 2 is 2.04 bits per heavy atom. The van der Waals surface area contributed by atoms with Gasteiger partial charge in [-0.3, -0.25) is 0 Å². The van der Waals surface area contributed by atoms with E-state index < -0.39 is 9.84 Å². The largest absolute Gasteiger partial charge is 0.356 e. The molecule has 0 amide bonds. The highest BCUT2D eigenvalue weighted by Gasteiger charge is 2.28. The summed E-state index contributed by atoms with van der Waals surface area (Å²) in [5, 5.41) is 0. The van der Waals surface area contributed by atoms with E-state index in [1.54, 1.807) is 6.33 Å². The van der Waals surface area contributed by atoms with Crippen molar-refractivity contribution in [3.63, 3.8) is 0 Å². The first-order valence-electron chi connectivity index (χ1n) is 7.48. The molecule has 0 radical (unpaired) electrons. The first kappa shape index (κ1) is 15.8. The van der Waals surface area contributed by atoms with E-state index in [0.29, 0.717) is 12.2 Å². The Morgan fingerprint density at radius 1 is 1.22 bits per heavy atom. The highest BCUT2D eigenvalue weighted by Crippen LogP contribution is 2.31. The average Bonchev–Trinajstić information content (AvgIpc) is 2.54. The molecule has 1 aliphatic rings. The monoisotopic (exact) mass is 333 g/mol. The van der Waals surface area contributed by atoms with E-state index in [2.05, 4.69) is 24.8 Å². The molecule has 1 unspecified atom stereocenters. The lowest BCUT2D eigenvalue weighted by molar-refractivity contribution is 0.489. The van der Waals surface area contributed by atoms with Crippen LogP contribution >= 0.6 is 0 Å². The van der Waals surface area contributed by atoms with Crippen LogP contribution in [0.5, 0.6) is 0 Å². The van der Waals surface area contributed by atoms with Crippen LogP contribution in [0.2, 0.25) is 0 Å². The molecule has 122 valence electrons. The van der Waals surface area contributed by atoms with Crippen LogP contribution in [0.3, 0.4) is 0 Å². The summed E-state index contributed by atoms with van der Waals surface area (Å²) in [6.07, 6.45) is 7.43. The molecular weight excluding hydrogens is 314 g/mol. The van der Waals surface area contributed by atoms with Crippen LogP contribution in [0.4, 0.5) is 5.82 Å². The van der Waals surface area contributed by atoms with Crippen molar-refractivity contribution >= 4 is 15.7 Å². The summed E-state index contributed by atoms with van der Waals surface area (Å²) in [7, 11) is -3.34. The van der Waals surface area contributed by atoms with Gasteiger partial charge in [-0.1, -0.05) is 0 Å². The molecular formula is C15H19N5O2S. The molecule has 3 rings (SSSR count). The molecule has 0 aliphatic carbocycles. The summed E-state index contributed by atoms with van der Waals surface area (Å²) in [6.45, 7) is 3.51. The van der Waals surface area contributed by atoms with Crippen LogP contribution in [0.15, 0.2) is 29.8 Å². The summed E-state index contributed by atoms with van der Waals surface area (Å²) in [4.78, 5) is 19.0. The summed E-state index contributed by atoms with van der Waals surface area (Å²) < 4.78 is 24.0. The number of aromatic nitrogens is 4. The van der Waals surface area contributed by atoms with Gasteiger partial charge in [0, 0.05) is 43.2 Å². The van der Waals surface area contributed by atoms with E-state index in [9.17, 15) is 8.42 Å². The van der Waals surface area contributed by atoms with Crippen molar-refractivity contribution in [2.24, 2.45) is 0 Å². The molecule has 0 N–H and O–H groups in total. The van der Waals surface area contributed by atoms with E-state index in [0.717, 1.165) is 30.9 Å². The minimum atomic E-state index is -3.34. The molecule has 0 bridgehead atoms. The topological polar surface area (TPSA) is 88.9 Å². The van der Waals surface area contributed by atoms with Crippen LogP contribution in [-0.2, 0) is 9.84 Å². The zero-order valence-corrected chi connectivity index (χ0v) is 14.0. The van der Waals surface area contributed by atoms with E-state index >= 15 is 0 Å². The average molecular weight is 333 g/mol. The summed E-state index contributed by atoms with van der Waals surface area (Å²) in [5.41, 5.74) is 1.52. The van der Waals surface area contributed by atoms with E-state index in [1.165, 1.54) is 18.8 Å². The standard InChI is InChI=1S/C15H19N5O2S/c1-11-6-14(18-10-17-11)20-5-3-4-12(8-20)15-13(23(2,21)22)7-16-9-19-15/h6-7,9-10,12H,3-5,8H2,1-2H3. The fourth-order valence-electron chi connectivity index (χ4n) is 2.94. The van der Waals surface area contributed by atoms with Crippen LogP contribution in [0, 0.1) is 6.92 Å². The predicted octanol–water partition coefficient (Wildman–Crippen LogP) is 1.36. The molecule has 0 spiro atoms. The lowest BCUT2D eigenvalue weighted by Gasteiger charge is -2.33. The van der Waals surface area contributed by atoms with Gasteiger partial charge >= 0.3 is 0 Å². The lowest BCUT2D eigenvalue weighted by atomic mass is 9.94. The van der Waals surface area contributed by atoms with Crippen molar-refractivity contribution in [3.05, 3.63) is 36.3 Å². The fourth-order valence-corrected chi connectivity index (χ4v) is 3.79. The minimum Gasteiger partial charge on any atom is -0.356 e. The third-order valence-electron chi connectivity index (χ3n) is 4.03. The molecule has 8 heteroatoms. The highest BCUT2D eigenvalue weighted by molar-refractivity contribution is 7.90. The molecule has 2 aromatic rings. The van der Waals surface area contributed by atoms with Gasteiger partial charge in [-0.05, 0) is 19.8 Å². The number of piperidine rings is 1. The predicted molar refractivity (Wildman–Crippen MR) is 86.1 cm³/mol. The maximum absolute atomic E-state index is 12.0. The van der Waals surface area contributed by atoms with Crippen LogP contribution in [-0.4, -0.2) is 47.7 Å². The zero-order chi connectivity index (χ0) is 16.4. The van der Waals surface area contributed by atoms with Gasteiger partial charge in [0.15, 0.2) is 9.84 Å². The number of hydrogen-bond donors (Lipinski definition) is 0. The second kappa shape index (κ2) is 6.19. The molecule has 1 fully saturated rings. The molecule has 1 saturated heterocycles. The molecule has 23 heavy (non-hydrogen) atoms. The van der Waals surface area contributed by atoms with Crippen LogP contribution in [0.25, 0.3) is 0 Å². The SMILES string of the molecule is Cc1cc(N2CCCC(c3ncncc3S(C)(=O)=O)C2)ncn1. The Kier molecular flexibility index (Phi) is 4.25. The van der Waals surface area contributed by atoms with Crippen molar-refractivity contribution in [2.45, 2.75) is 30.6 Å². The quantitative estimate of drug-likeness (QED) is 0.838. The number of aryl methyl sites for hydroxylation is 1. The van der Waals surface area contributed by atoms with Crippen molar-refractivity contribution in [2.75, 3.05) is 24.2 Å². The third kappa shape index (κ3) is 3.47. The fraction of sp³-hybridized carbons (Fsp3) is 0.467. The second-order valence-electron chi connectivity index (χ2n) is 5.85. The highest BCUT2D eigenvalue weighted by atomic mass is 32.2. The van der Waals surface area contributed by atoms with E-state index in [-0.39, 0.29) is 10.8 Å². The Bertz CT molecular complexity index is 809. The molecule has 0 saturated carbocycles. The van der Waals surface area contributed by atoms with Crippen LogP contribution in [0.1, 0.15) is 30.1 Å². The molecule has 1 atom stereocenters. The molecule has 7 nitrogen and oxygen atoms in total. The first-order chi connectivity index (χ1) is 10.9. The van der Waals surface area contributed by atoms with Gasteiger partial charge < -0.3 is 4.90 Å². The number of anilines is 1. The lowest BCUT2D eigenvalue weighted by Crippen LogP contribution is -2.35. The number of rotatable bonds is 3. The van der Waals surface area contributed by atoms with Crippen molar-refractivity contribution < 1.29 is 8.42 Å². The molecule has 0 aromatic carbocycles. The Labute approximate surface area is 135 Å². The second-order valence-corrected chi connectivity index (χ2v) is 7.83. The summed E-state index contributed by atoms with van der Waals surface area (Å²) in [6, 6.07) is 1.94. The van der Waals surface area contributed by atoms with E-state index in [1.807, 2.05) is 13.0 Å². The number of hydrogen-bond acceptors (Lipinski definition) is 7. The smallest absolute Gasteiger partial charge is 0.178 e. The maximum atomic E-state index is 12.0. The van der Waals surface area contributed by atoms with Gasteiger partial charge in [-0.15, -0.1) is 0 Å². The summed E-state index contributed by atoms with van der Waals surface area (Å²) >= 11 is 0. The van der Waals surface area contributed by atoms with Gasteiger partial charge in [0.2, 0.25) is 0 Å². The first-order valence-corrected chi connectivity index (χ1v) is 9.38. The molecule has 2 aromatic heterocycles.